The van der Waals surface area contributed by atoms with Crippen molar-refractivity contribution in [3.05, 3.63) is 39.4 Å². The van der Waals surface area contributed by atoms with Crippen LogP contribution < -0.4 is 5.73 Å². The zero-order valence-corrected chi connectivity index (χ0v) is 7.41. The molecule has 0 radical (unpaired) electrons. The fourth-order valence-electron chi connectivity index (χ4n) is 1.14. The minimum Gasteiger partial charge on any atom is -0.326 e. The number of rotatable bonds is 2. The van der Waals surface area contributed by atoms with Crippen molar-refractivity contribution >= 4 is 5.69 Å². The molecule has 0 aliphatic carbocycles. The van der Waals surface area contributed by atoms with Gasteiger partial charge in [0, 0.05) is 18.7 Å². The van der Waals surface area contributed by atoms with E-state index in [1.165, 1.54) is 0 Å². The Morgan fingerprint density at radius 1 is 1.40 bits per heavy atom. The first-order valence-corrected chi connectivity index (χ1v) is 3.91. The first-order chi connectivity index (χ1) is 6.86. The van der Waals surface area contributed by atoms with Crippen molar-refractivity contribution in [3.8, 4) is 0 Å². The van der Waals surface area contributed by atoms with Gasteiger partial charge in [-0.3, -0.25) is 10.1 Å². The lowest BCUT2D eigenvalue weighted by molar-refractivity contribution is -0.385. The molecular formula is C8H7F3N2O2. The van der Waals surface area contributed by atoms with Crippen LogP contribution in [0.4, 0.5) is 18.9 Å². The summed E-state index contributed by atoms with van der Waals surface area (Å²) in [4.78, 5) is 9.55. The molecule has 0 saturated carbocycles. The molecule has 1 aromatic carbocycles. The van der Waals surface area contributed by atoms with Crippen LogP contribution in [0.3, 0.4) is 0 Å². The SMILES string of the molecule is NCc1cc([N+](=O)[O-])ccc1C(F)(F)F. The van der Waals surface area contributed by atoms with Crippen LogP contribution in [0, 0.1) is 10.1 Å². The molecule has 1 aromatic rings. The van der Waals surface area contributed by atoms with Gasteiger partial charge in [-0.25, -0.2) is 0 Å². The third-order valence-electron chi connectivity index (χ3n) is 1.82. The van der Waals surface area contributed by atoms with Gasteiger partial charge in [0.2, 0.25) is 0 Å². The number of nitro benzene ring substituents is 1. The first-order valence-electron chi connectivity index (χ1n) is 3.91. The Labute approximate surface area is 82.7 Å². The number of hydrogen-bond acceptors (Lipinski definition) is 3. The second-order valence-electron chi connectivity index (χ2n) is 2.80. The quantitative estimate of drug-likeness (QED) is 0.612. The number of non-ortho nitro benzene ring substituents is 1. The molecule has 0 atom stereocenters. The highest BCUT2D eigenvalue weighted by Gasteiger charge is 2.33. The largest absolute Gasteiger partial charge is 0.416 e. The summed E-state index contributed by atoms with van der Waals surface area (Å²) in [7, 11) is 0. The number of halogens is 3. The second kappa shape index (κ2) is 3.85. The predicted octanol–water partition coefficient (Wildman–Crippen LogP) is 2.07. The Hall–Kier alpha value is -1.63. The van der Waals surface area contributed by atoms with Gasteiger partial charge in [0.1, 0.15) is 0 Å². The molecule has 15 heavy (non-hydrogen) atoms. The van der Waals surface area contributed by atoms with E-state index in [-0.39, 0.29) is 5.56 Å². The number of hydrogen-bond donors (Lipinski definition) is 1. The molecule has 0 amide bonds. The van der Waals surface area contributed by atoms with E-state index in [1.807, 2.05) is 0 Å². The summed E-state index contributed by atoms with van der Waals surface area (Å²) in [6, 6.07) is 2.31. The van der Waals surface area contributed by atoms with Gasteiger partial charge >= 0.3 is 6.18 Å². The zero-order chi connectivity index (χ0) is 11.6. The van der Waals surface area contributed by atoms with E-state index in [9.17, 15) is 23.3 Å². The number of benzene rings is 1. The molecule has 1 rings (SSSR count). The summed E-state index contributed by atoms with van der Waals surface area (Å²) >= 11 is 0. The standard InChI is InChI=1S/C8H7F3N2O2/c9-8(10,11)7-2-1-6(13(14)15)3-5(7)4-12/h1-3H,4,12H2. The minimum atomic E-state index is -4.54. The van der Waals surface area contributed by atoms with E-state index >= 15 is 0 Å². The lowest BCUT2D eigenvalue weighted by Gasteiger charge is -2.10. The van der Waals surface area contributed by atoms with Crippen molar-refractivity contribution < 1.29 is 18.1 Å². The van der Waals surface area contributed by atoms with Gasteiger partial charge in [0.05, 0.1) is 10.5 Å². The highest BCUT2D eigenvalue weighted by molar-refractivity contribution is 5.41. The Bertz CT molecular complexity index is 390. The maximum absolute atomic E-state index is 12.3. The summed E-state index contributed by atoms with van der Waals surface area (Å²) < 4.78 is 37.0. The highest BCUT2D eigenvalue weighted by Crippen LogP contribution is 2.33. The van der Waals surface area contributed by atoms with E-state index in [1.54, 1.807) is 0 Å². The number of nitro groups is 1. The Morgan fingerprint density at radius 3 is 2.40 bits per heavy atom. The summed E-state index contributed by atoms with van der Waals surface area (Å²) in [5.41, 5.74) is 3.48. The molecule has 82 valence electrons. The molecule has 0 aromatic heterocycles. The first kappa shape index (κ1) is 11.4. The van der Waals surface area contributed by atoms with Crippen LogP contribution in [-0.4, -0.2) is 4.92 Å². The van der Waals surface area contributed by atoms with Crippen LogP contribution in [0.15, 0.2) is 18.2 Å². The molecule has 0 heterocycles. The van der Waals surface area contributed by atoms with Crippen molar-refractivity contribution in [1.82, 2.24) is 0 Å². The fraction of sp³-hybridized carbons (Fsp3) is 0.250. The normalized spacial score (nSPS) is 11.5. The van der Waals surface area contributed by atoms with Crippen LogP contribution in [0.5, 0.6) is 0 Å². The van der Waals surface area contributed by atoms with Gasteiger partial charge in [-0.15, -0.1) is 0 Å². The van der Waals surface area contributed by atoms with E-state index in [0.29, 0.717) is 6.07 Å². The van der Waals surface area contributed by atoms with E-state index in [2.05, 4.69) is 0 Å². The maximum Gasteiger partial charge on any atom is 0.416 e. The van der Waals surface area contributed by atoms with E-state index in [0.717, 1.165) is 12.1 Å². The summed E-state index contributed by atoms with van der Waals surface area (Å²) in [5.74, 6) is 0. The van der Waals surface area contributed by atoms with Gasteiger partial charge in [-0.2, -0.15) is 13.2 Å². The second-order valence-corrected chi connectivity index (χ2v) is 2.80. The molecule has 7 heteroatoms. The lowest BCUT2D eigenvalue weighted by atomic mass is 10.1. The third kappa shape index (κ3) is 2.44. The molecule has 2 N–H and O–H groups in total. The fourth-order valence-corrected chi connectivity index (χ4v) is 1.14. The summed E-state index contributed by atoms with van der Waals surface area (Å²) in [5, 5.41) is 10.3. The number of alkyl halides is 3. The molecule has 0 aliphatic rings. The minimum absolute atomic E-state index is 0.281. The summed E-state index contributed by atoms with van der Waals surface area (Å²) in [6.45, 7) is -0.392. The maximum atomic E-state index is 12.3. The predicted molar refractivity (Wildman–Crippen MR) is 46.0 cm³/mol. The topological polar surface area (TPSA) is 69.2 Å². The van der Waals surface area contributed by atoms with Crippen LogP contribution in [-0.2, 0) is 12.7 Å². The molecule has 0 bridgehead atoms. The van der Waals surface area contributed by atoms with Crippen LogP contribution in [0.2, 0.25) is 0 Å². The lowest BCUT2D eigenvalue weighted by Crippen LogP contribution is -2.12. The van der Waals surface area contributed by atoms with Crippen molar-refractivity contribution in [2.45, 2.75) is 12.7 Å². The van der Waals surface area contributed by atoms with Gasteiger partial charge in [-0.1, -0.05) is 0 Å². The van der Waals surface area contributed by atoms with Crippen molar-refractivity contribution in [3.63, 3.8) is 0 Å². The van der Waals surface area contributed by atoms with Crippen molar-refractivity contribution in [2.75, 3.05) is 0 Å². The molecule has 0 aliphatic heterocycles. The molecular weight excluding hydrogens is 213 g/mol. The van der Waals surface area contributed by atoms with Gasteiger partial charge < -0.3 is 5.73 Å². The van der Waals surface area contributed by atoms with Gasteiger partial charge in [0.25, 0.3) is 5.69 Å². The average Bonchev–Trinajstić information content (AvgIpc) is 2.15. The monoisotopic (exact) mass is 220 g/mol. The Kier molecular flexibility index (Phi) is 2.94. The Morgan fingerprint density at radius 2 is 2.00 bits per heavy atom. The van der Waals surface area contributed by atoms with E-state index in [4.69, 9.17) is 5.73 Å². The van der Waals surface area contributed by atoms with Crippen LogP contribution in [0.1, 0.15) is 11.1 Å². The van der Waals surface area contributed by atoms with E-state index < -0.39 is 28.9 Å². The van der Waals surface area contributed by atoms with Crippen LogP contribution in [0.25, 0.3) is 0 Å². The van der Waals surface area contributed by atoms with Crippen molar-refractivity contribution in [1.29, 1.82) is 0 Å². The van der Waals surface area contributed by atoms with Gasteiger partial charge in [-0.05, 0) is 11.6 Å². The number of nitrogens with zero attached hydrogens (tertiary/aromatic N) is 1. The third-order valence-corrected chi connectivity index (χ3v) is 1.82. The highest BCUT2D eigenvalue weighted by atomic mass is 19.4. The summed E-state index contributed by atoms with van der Waals surface area (Å²) in [6.07, 6.45) is -4.54. The molecule has 0 spiro atoms. The number of nitrogens with two attached hydrogens (primary N) is 1. The molecule has 0 unspecified atom stereocenters. The van der Waals surface area contributed by atoms with Crippen molar-refractivity contribution in [2.24, 2.45) is 5.73 Å². The molecule has 4 nitrogen and oxygen atoms in total. The average molecular weight is 220 g/mol. The molecule has 0 saturated heterocycles. The van der Waals surface area contributed by atoms with Crippen LogP contribution >= 0.6 is 0 Å². The Balaban J connectivity index is 3.27. The smallest absolute Gasteiger partial charge is 0.326 e. The zero-order valence-electron chi connectivity index (χ0n) is 7.41. The van der Waals surface area contributed by atoms with Gasteiger partial charge in [0.15, 0.2) is 0 Å². The molecule has 0 fully saturated rings.